The van der Waals surface area contributed by atoms with E-state index < -0.39 is 58.4 Å². The molecule has 0 spiro atoms. The Hall–Kier alpha value is -4.67. The number of nitrogens with one attached hydrogen (secondary N) is 4. The van der Waals surface area contributed by atoms with E-state index in [1.54, 1.807) is 20.8 Å². The standard InChI is InChI=1S/C25H39N9O8.ClH/c1-14(30-21(37)18(11-12-19(26)35)33-24(39)42-25(2,3)4)20(36)32-17(6-5-13-29-23(27)28)22(38)31-15-7-9-16(10-8-15)34(40)41;/h7-10,14,17-18H,5-6,11-13H2,1-4H3,(H2,26,35)(H,30,37)(H,31,38)(H,32,36)(H,33,39)(H4,27,28,29);1H/t14-,17-,18-;/m0./s1. The first-order chi connectivity index (χ1) is 19.5. The average molecular weight is 630 g/mol. The summed E-state index contributed by atoms with van der Waals surface area (Å²) in [4.78, 5) is 76.5. The van der Waals surface area contributed by atoms with Crippen molar-refractivity contribution in [2.75, 3.05) is 11.9 Å². The first-order valence-corrected chi connectivity index (χ1v) is 13.0. The summed E-state index contributed by atoms with van der Waals surface area (Å²) in [7, 11) is 0. The summed E-state index contributed by atoms with van der Waals surface area (Å²) in [6, 6.07) is 1.55. The summed E-state index contributed by atoms with van der Waals surface area (Å²) < 4.78 is 5.16. The van der Waals surface area contributed by atoms with E-state index >= 15 is 0 Å². The van der Waals surface area contributed by atoms with E-state index in [1.165, 1.54) is 31.2 Å². The first-order valence-electron chi connectivity index (χ1n) is 13.0. The molecule has 1 aromatic carbocycles. The number of nitrogens with two attached hydrogens (primary N) is 3. The number of nitro benzene ring substituents is 1. The van der Waals surface area contributed by atoms with E-state index in [-0.39, 0.29) is 55.5 Å². The van der Waals surface area contributed by atoms with Gasteiger partial charge in [-0.2, -0.15) is 0 Å². The van der Waals surface area contributed by atoms with E-state index in [0.29, 0.717) is 6.42 Å². The Bertz CT molecular complexity index is 1170. The van der Waals surface area contributed by atoms with Crippen LogP contribution >= 0.6 is 12.4 Å². The minimum Gasteiger partial charge on any atom is -0.444 e. The van der Waals surface area contributed by atoms with Crippen LogP contribution in [0.15, 0.2) is 29.3 Å². The molecular weight excluding hydrogens is 590 g/mol. The molecule has 240 valence electrons. The fraction of sp³-hybridized carbons (Fsp3) is 0.520. The van der Waals surface area contributed by atoms with Gasteiger partial charge in [0.15, 0.2) is 5.96 Å². The normalized spacial score (nSPS) is 12.7. The van der Waals surface area contributed by atoms with Gasteiger partial charge in [0.1, 0.15) is 23.7 Å². The predicted molar refractivity (Wildman–Crippen MR) is 160 cm³/mol. The Labute approximate surface area is 254 Å². The van der Waals surface area contributed by atoms with Crippen LogP contribution in [0, 0.1) is 10.1 Å². The minimum absolute atomic E-state index is 0. The van der Waals surface area contributed by atoms with Gasteiger partial charge in [-0.15, -0.1) is 12.4 Å². The van der Waals surface area contributed by atoms with Gasteiger partial charge in [0.2, 0.25) is 23.6 Å². The lowest BCUT2D eigenvalue weighted by molar-refractivity contribution is -0.384. The van der Waals surface area contributed by atoms with Crippen molar-refractivity contribution in [3.8, 4) is 0 Å². The minimum atomic E-state index is -1.25. The van der Waals surface area contributed by atoms with Crippen LogP contribution in [-0.2, 0) is 23.9 Å². The fourth-order valence-corrected chi connectivity index (χ4v) is 3.35. The number of non-ortho nitro benzene ring substituents is 1. The molecule has 0 heterocycles. The number of rotatable bonds is 15. The molecule has 17 nitrogen and oxygen atoms in total. The Kier molecular flexibility index (Phi) is 16.0. The molecule has 0 aliphatic carbocycles. The van der Waals surface area contributed by atoms with Crippen LogP contribution in [0.25, 0.3) is 0 Å². The highest BCUT2D eigenvalue weighted by atomic mass is 35.5. The van der Waals surface area contributed by atoms with Crippen LogP contribution in [0.2, 0.25) is 0 Å². The highest BCUT2D eigenvalue weighted by Gasteiger charge is 2.29. The van der Waals surface area contributed by atoms with Crippen LogP contribution in [0.1, 0.15) is 53.4 Å². The maximum Gasteiger partial charge on any atom is 0.408 e. The van der Waals surface area contributed by atoms with Gasteiger partial charge in [0.25, 0.3) is 5.69 Å². The molecule has 0 aromatic heterocycles. The zero-order valence-electron chi connectivity index (χ0n) is 24.4. The third-order valence-corrected chi connectivity index (χ3v) is 5.36. The third kappa shape index (κ3) is 15.8. The number of hydrogen-bond donors (Lipinski definition) is 7. The Balaban J connectivity index is 0.0000176. The van der Waals surface area contributed by atoms with Crippen molar-refractivity contribution in [2.24, 2.45) is 22.2 Å². The summed E-state index contributed by atoms with van der Waals surface area (Å²) >= 11 is 0. The molecule has 0 aliphatic rings. The molecule has 43 heavy (non-hydrogen) atoms. The largest absolute Gasteiger partial charge is 0.444 e. The van der Waals surface area contributed by atoms with Crippen molar-refractivity contribution in [3.05, 3.63) is 34.4 Å². The second-order valence-electron chi connectivity index (χ2n) is 10.2. The quantitative estimate of drug-likeness (QED) is 0.0453. The van der Waals surface area contributed by atoms with E-state index in [2.05, 4.69) is 26.3 Å². The molecule has 3 atom stereocenters. The molecule has 1 rings (SSSR count). The lowest BCUT2D eigenvalue weighted by Crippen LogP contribution is -2.55. The SMILES string of the molecule is C[C@H](NC(=O)[C@H](CCC(N)=O)NC(=O)OC(C)(C)C)C(=O)N[C@@H](CCCN=C(N)N)C(=O)Nc1ccc([N+](=O)[O-])cc1.Cl. The highest BCUT2D eigenvalue weighted by Crippen LogP contribution is 2.16. The smallest absolute Gasteiger partial charge is 0.408 e. The van der Waals surface area contributed by atoms with Gasteiger partial charge in [-0.3, -0.25) is 34.3 Å². The molecule has 1 aromatic rings. The van der Waals surface area contributed by atoms with E-state index in [0.717, 1.165) is 0 Å². The number of hydrogen-bond acceptors (Lipinski definition) is 9. The maximum atomic E-state index is 13.0. The number of primary amides is 1. The number of anilines is 1. The number of ether oxygens (including phenoxy) is 1. The summed E-state index contributed by atoms with van der Waals surface area (Å²) in [5, 5.41) is 20.8. The number of amides is 5. The zero-order valence-corrected chi connectivity index (χ0v) is 25.2. The number of carbonyl (C=O) groups is 5. The van der Waals surface area contributed by atoms with Crippen molar-refractivity contribution >= 4 is 59.5 Å². The van der Waals surface area contributed by atoms with Crippen LogP contribution in [0.3, 0.4) is 0 Å². The van der Waals surface area contributed by atoms with Crippen LogP contribution in [0.5, 0.6) is 0 Å². The van der Waals surface area contributed by atoms with E-state index in [4.69, 9.17) is 21.9 Å². The Morgan fingerprint density at radius 1 is 0.930 bits per heavy atom. The molecule has 0 bridgehead atoms. The molecule has 10 N–H and O–H groups in total. The second-order valence-corrected chi connectivity index (χ2v) is 10.2. The number of nitrogens with zero attached hydrogens (tertiary/aromatic N) is 2. The topological polar surface area (TPSA) is 276 Å². The molecule has 0 unspecified atom stereocenters. The molecule has 0 saturated heterocycles. The molecule has 5 amide bonds. The molecule has 0 fully saturated rings. The second kappa shape index (κ2) is 18.0. The number of carbonyl (C=O) groups excluding carboxylic acids is 5. The van der Waals surface area contributed by atoms with E-state index in [1.807, 2.05) is 0 Å². The number of nitro groups is 1. The highest BCUT2D eigenvalue weighted by molar-refractivity contribution is 5.98. The van der Waals surface area contributed by atoms with Crippen molar-refractivity contribution in [1.82, 2.24) is 16.0 Å². The summed E-state index contributed by atoms with van der Waals surface area (Å²) in [6.45, 7) is 6.41. The monoisotopic (exact) mass is 629 g/mol. The molecular formula is C25H40ClN9O8. The number of alkyl carbamates (subject to hydrolysis) is 1. The third-order valence-electron chi connectivity index (χ3n) is 5.36. The van der Waals surface area contributed by atoms with Gasteiger partial charge in [-0.25, -0.2) is 4.79 Å². The maximum absolute atomic E-state index is 13.0. The number of aliphatic imine (C=N–C) groups is 1. The molecule has 18 heteroatoms. The van der Waals surface area contributed by atoms with Gasteiger partial charge in [-0.05, 0) is 59.1 Å². The lowest BCUT2D eigenvalue weighted by atomic mass is 10.1. The van der Waals surface area contributed by atoms with Gasteiger partial charge >= 0.3 is 6.09 Å². The van der Waals surface area contributed by atoms with Crippen molar-refractivity contribution in [3.63, 3.8) is 0 Å². The number of halogens is 1. The zero-order chi connectivity index (χ0) is 32.0. The molecule has 0 aliphatic heterocycles. The summed E-state index contributed by atoms with van der Waals surface area (Å²) in [6.07, 6.45) is -0.891. The predicted octanol–water partition coefficient (Wildman–Crippen LogP) is 0.157. The summed E-state index contributed by atoms with van der Waals surface area (Å²) in [5.41, 5.74) is 15.1. The van der Waals surface area contributed by atoms with Crippen LogP contribution in [0.4, 0.5) is 16.2 Å². The first kappa shape index (κ1) is 38.3. The number of guanidine groups is 1. The Morgan fingerprint density at radius 3 is 2.02 bits per heavy atom. The Morgan fingerprint density at radius 2 is 1.51 bits per heavy atom. The average Bonchev–Trinajstić information content (AvgIpc) is 2.86. The van der Waals surface area contributed by atoms with Gasteiger partial charge in [0, 0.05) is 30.8 Å². The van der Waals surface area contributed by atoms with Crippen molar-refractivity contribution < 1.29 is 33.6 Å². The van der Waals surface area contributed by atoms with Gasteiger partial charge in [0.05, 0.1) is 4.92 Å². The van der Waals surface area contributed by atoms with Crippen LogP contribution in [-0.4, -0.2) is 70.9 Å². The van der Waals surface area contributed by atoms with Gasteiger partial charge < -0.3 is 43.2 Å². The van der Waals surface area contributed by atoms with Crippen molar-refractivity contribution in [1.29, 1.82) is 0 Å². The fourth-order valence-electron chi connectivity index (χ4n) is 3.35. The molecule has 0 saturated carbocycles. The van der Waals surface area contributed by atoms with Crippen molar-refractivity contribution in [2.45, 2.75) is 77.1 Å². The lowest BCUT2D eigenvalue weighted by Gasteiger charge is -2.25. The molecule has 0 radical (unpaired) electrons. The van der Waals surface area contributed by atoms with Gasteiger partial charge in [-0.1, -0.05) is 0 Å². The van der Waals surface area contributed by atoms with E-state index in [9.17, 15) is 34.1 Å². The summed E-state index contributed by atoms with van der Waals surface area (Å²) in [5.74, 6) is -3.00. The van der Waals surface area contributed by atoms with Crippen LogP contribution < -0.4 is 38.5 Å². The number of benzene rings is 1.